The van der Waals surface area contributed by atoms with Gasteiger partial charge in [-0.15, -0.1) is 0 Å². The average Bonchev–Trinajstić information content (AvgIpc) is 2.77. The first-order chi connectivity index (χ1) is 6.92. The van der Waals surface area contributed by atoms with E-state index < -0.39 is 0 Å². The number of aromatic nitrogens is 1. The molecule has 1 aromatic carbocycles. The van der Waals surface area contributed by atoms with Crippen molar-refractivity contribution in [2.75, 3.05) is 0 Å². The minimum absolute atomic E-state index is 0.901. The summed E-state index contributed by atoms with van der Waals surface area (Å²) < 4.78 is 2.28. The lowest BCUT2D eigenvalue weighted by Gasteiger charge is -1.97. The molecule has 0 radical (unpaired) electrons. The standard InChI is InChI=1S/C12H11NO/c14-8-10-9-4-1-2-5-11(9)13-7-3-6-12(10)13/h1-2,4-5,8H,3,6-7H2. The molecule has 14 heavy (non-hydrogen) atoms. The fourth-order valence-electron chi connectivity index (χ4n) is 2.44. The van der Waals surface area contributed by atoms with Gasteiger partial charge in [-0.25, -0.2) is 0 Å². The lowest BCUT2D eigenvalue weighted by atomic mass is 10.1. The van der Waals surface area contributed by atoms with Crippen molar-refractivity contribution in [3.05, 3.63) is 35.5 Å². The topological polar surface area (TPSA) is 22.0 Å². The monoisotopic (exact) mass is 185 g/mol. The summed E-state index contributed by atoms with van der Waals surface area (Å²) in [4.78, 5) is 11.0. The van der Waals surface area contributed by atoms with Crippen LogP contribution in [-0.2, 0) is 13.0 Å². The zero-order valence-electron chi connectivity index (χ0n) is 7.86. The molecule has 2 aromatic rings. The Morgan fingerprint density at radius 3 is 3.00 bits per heavy atom. The summed E-state index contributed by atoms with van der Waals surface area (Å²) >= 11 is 0. The van der Waals surface area contributed by atoms with E-state index in [2.05, 4.69) is 10.6 Å². The Morgan fingerprint density at radius 1 is 1.29 bits per heavy atom. The highest BCUT2D eigenvalue weighted by Gasteiger charge is 2.19. The largest absolute Gasteiger partial charge is 0.344 e. The highest BCUT2D eigenvalue weighted by atomic mass is 16.1. The molecular weight excluding hydrogens is 174 g/mol. The van der Waals surface area contributed by atoms with Gasteiger partial charge in [-0.1, -0.05) is 18.2 Å². The first-order valence-corrected chi connectivity index (χ1v) is 4.97. The fourth-order valence-corrected chi connectivity index (χ4v) is 2.44. The number of carbonyl (C=O) groups is 1. The zero-order chi connectivity index (χ0) is 9.54. The maximum atomic E-state index is 11.0. The number of rotatable bonds is 1. The zero-order valence-corrected chi connectivity index (χ0v) is 7.86. The molecule has 0 spiro atoms. The summed E-state index contributed by atoms with van der Waals surface area (Å²) in [6.45, 7) is 1.06. The molecule has 2 heterocycles. The van der Waals surface area contributed by atoms with Crippen LogP contribution in [0.2, 0.25) is 0 Å². The third-order valence-electron chi connectivity index (χ3n) is 3.03. The molecule has 1 aliphatic rings. The summed E-state index contributed by atoms with van der Waals surface area (Å²) in [6.07, 6.45) is 3.21. The van der Waals surface area contributed by atoms with Gasteiger partial charge in [0.25, 0.3) is 0 Å². The van der Waals surface area contributed by atoms with Gasteiger partial charge in [0.1, 0.15) is 0 Å². The van der Waals surface area contributed by atoms with Gasteiger partial charge in [-0.3, -0.25) is 4.79 Å². The van der Waals surface area contributed by atoms with Crippen LogP contribution in [0.4, 0.5) is 0 Å². The first kappa shape index (κ1) is 7.80. The van der Waals surface area contributed by atoms with Crippen molar-refractivity contribution in [3.8, 4) is 0 Å². The Balaban J connectivity index is 2.48. The van der Waals surface area contributed by atoms with E-state index in [0.29, 0.717) is 0 Å². The number of hydrogen-bond donors (Lipinski definition) is 0. The molecule has 70 valence electrons. The van der Waals surface area contributed by atoms with E-state index in [-0.39, 0.29) is 0 Å². The summed E-state index contributed by atoms with van der Waals surface area (Å²) in [5, 5.41) is 1.11. The Morgan fingerprint density at radius 2 is 2.14 bits per heavy atom. The summed E-state index contributed by atoms with van der Waals surface area (Å²) in [7, 11) is 0. The number of benzene rings is 1. The lowest BCUT2D eigenvalue weighted by Crippen LogP contribution is -1.91. The second-order valence-corrected chi connectivity index (χ2v) is 3.75. The van der Waals surface area contributed by atoms with Gasteiger partial charge < -0.3 is 4.57 Å². The van der Waals surface area contributed by atoms with Crippen molar-refractivity contribution >= 4 is 17.2 Å². The molecular formula is C12H11NO. The molecule has 0 saturated heterocycles. The highest BCUT2D eigenvalue weighted by molar-refractivity contribution is 5.99. The van der Waals surface area contributed by atoms with Crippen LogP contribution in [0.5, 0.6) is 0 Å². The number of nitrogens with zero attached hydrogens (tertiary/aromatic N) is 1. The molecule has 2 heteroatoms. The van der Waals surface area contributed by atoms with E-state index >= 15 is 0 Å². The number of aldehydes is 1. The van der Waals surface area contributed by atoms with Crippen LogP contribution in [0, 0.1) is 0 Å². The molecule has 0 amide bonds. The minimum atomic E-state index is 0.901. The van der Waals surface area contributed by atoms with Crippen LogP contribution in [0.1, 0.15) is 22.5 Å². The van der Waals surface area contributed by atoms with Gasteiger partial charge in [-0.05, 0) is 18.9 Å². The van der Waals surface area contributed by atoms with E-state index in [1.165, 1.54) is 17.6 Å². The van der Waals surface area contributed by atoms with Gasteiger partial charge in [0.05, 0.1) is 0 Å². The predicted octanol–water partition coefficient (Wildman–Crippen LogP) is 2.40. The van der Waals surface area contributed by atoms with Crippen molar-refractivity contribution in [1.29, 1.82) is 0 Å². The van der Waals surface area contributed by atoms with Crippen LogP contribution >= 0.6 is 0 Å². The quantitative estimate of drug-likeness (QED) is 0.625. The van der Waals surface area contributed by atoms with Crippen LogP contribution in [0.15, 0.2) is 24.3 Å². The van der Waals surface area contributed by atoms with E-state index in [4.69, 9.17) is 0 Å². The predicted molar refractivity (Wildman–Crippen MR) is 55.6 cm³/mol. The molecule has 0 N–H and O–H groups in total. The Kier molecular flexibility index (Phi) is 1.51. The molecule has 0 unspecified atom stereocenters. The molecule has 0 saturated carbocycles. The number of para-hydroxylation sites is 1. The smallest absolute Gasteiger partial charge is 0.152 e. The molecule has 1 aliphatic heterocycles. The summed E-state index contributed by atoms with van der Waals surface area (Å²) in [5.41, 5.74) is 3.33. The minimum Gasteiger partial charge on any atom is -0.344 e. The maximum Gasteiger partial charge on any atom is 0.152 e. The Bertz CT molecular complexity index is 510. The van der Waals surface area contributed by atoms with Gasteiger partial charge in [0.15, 0.2) is 6.29 Å². The molecule has 0 atom stereocenters. The van der Waals surface area contributed by atoms with Crippen molar-refractivity contribution in [2.45, 2.75) is 19.4 Å². The molecule has 2 nitrogen and oxygen atoms in total. The van der Waals surface area contributed by atoms with Crippen LogP contribution < -0.4 is 0 Å². The van der Waals surface area contributed by atoms with Crippen LogP contribution in [0.3, 0.4) is 0 Å². The second-order valence-electron chi connectivity index (χ2n) is 3.75. The van der Waals surface area contributed by atoms with E-state index in [9.17, 15) is 4.79 Å². The van der Waals surface area contributed by atoms with E-state index in [0.717, 1.165) is 30.2 Å². The molecule has 0 bridgehead atoms. The SMILES string of the molecule is O=Cc1c2n(c3ccccc13)CCC2. The third kappa shape index (κ3) is 0.830. The first-order valence-electron chi connectivity index (χ1n) is 4.97. The van der Waals surface area contributed by atoms with E-state index in [1.807, 2.05) is 18.2 Å². The number of carbonyl (C=O) groups excluding carboxylic acids is 1. The van der Waals surface area contributed by atoms with Crippen molar-refractivity contribution in [2.24, 2.45) is 0 Å². The number of hydrogen-bond acceptors (Lipinski definition) is 1. The summed E-state index contributed by atoms with van der Waals surface area (Å²) in [6, 6.07) is 8.15. The fraction of sp³-hybridized carbons (Fsp3) is 0.250. The van der Waals surface area contributed by atoms with E-state index in [1.54, 1.807) is 0 Å². The number of fused-ring (bicyclic) bond motifs is 3. The Hall–Kier alpha value is -1.57. The van der Waals surface area contributed by atoms with Crippen LogP contribution in [0.25, 0.3) is 10.9 Å². The molecule has 0 fully saturated rings. The van der Waals surface area contributed by atoms with Gasteiger partial charge in [0, 0.05) is 28.7 Å². The molecule has 1 aromatic heterocycles. The normalized spacial score (nSPS) is 14.6. The third-order valence-corrected chi connectivity index (χ3v) is 3.03. The lowest BCUT2D eigenvalue weighted by molar-refractivity contribution is 0.112. The van der Waals surface area contributed by atoms with Crippen molar-refractivity contribution in [1.82, 2.24) is 4.57 Å². The maximum absolute atomic E-state index is 11.0. The Labute approximate surface area is 82.1 Å². The van der Waals surface area contributed by atoms with Gasteiger partial charge in [-0.2, -0.15) is 0 Å². The van der Waals surface area contributed by atoms with Gasteiger partial charge >= 0.3 is 0 Å². The second kappa shape index (κ2) is 2.71. The molecule has 3 rings (SSSR count). The highest BCUT2D eigenvalue weighted by Crippen LogP contribution is 2.29. The molecule has 0 aliphatic carbocycles. The average molecular weight is 185 g/mol. The summed E-state index contributed by atoms with van der Waals surface area (Å²) in [5.74, 6) is 0. The number of aryl methyl sites for hydroxylation is 1. The van der Waals surface area contributed by atoms with Crippen molar-refractivity contribution < 1.29 is 4.79 Å². The van der Waals surface area contributed by atoms with Crippen molar-refractivity contribution in [3.63, 3.8) is 0 Å². The van der Waals surface area contributed by atoms with Crippen LogP contribution in [-0.4, -0.2) is 10.9 Å². The van der Waals surface area contributed by atoms with Gasteiger partial charge in [0.2, 0.25) is 0 Å².